The summed E-state index contributed by atoms with van der Waals surface area (Å²) in [5.41, 5.74) is 1.12. The first-order valence-corrected chi connectivity index (χ1v) is 11.1. The van der Waals surface area contributed by atoms with E-state index in [4.69, 9.17) is 4.74 Å². The molecule has 30 heavy (non-hydrogen) atoms. The van der Waals surface area contributed by atoms with E-state index in [9.17, 15) is 9.59 Å². The second-order valence-electron chi connectivity index (χ2n) is 7.66. The van der Waals surface area contributed by atoms with E-state index in [1.54, 1.807) is 36.4 Å². The fraction of sp³-hybridized carbons (Fsp3) is 0.391. The van der Waals surface area contributed by atoms with E-state index in [0.717, 1.165) is 24.1 Å². The van der Waals surface area contributed by atoms with Gasteiger partial charge in [0, 0.05) is 23.2 Å². The molecule has 6 nitrogen and oxygen atoms in total. The van der Waals surface area contributed by atoms with Gasteiger partial charge < -0.3 is 20.3 Å². The minimum atomic E-state index is -0.285. The van der Waals surface area contributed by atoms with Crippen molar-refractivity contribution in [2.75, 3.05) is 38.1 Å². The number of likely N-dealkylation sites (tertiary alicyclic amines) is 1. The molecule has 2 aromatic carbocycles. The molecule has 1 heterocycles. The molecule has 0 aliphatic carbocycles. The molecule has 2 aromatic rings. The molecule has 1 unspecified atom stereocenters. The number of amides is 2. The van der Waals surface area contributed by atoms with Gasteiger partial charge in [0.25, 0.3) is 11.8 Å². The van der Waals surface area contributed by atoms with Gasteiger partial charge in [-0.1, -0.05) is 35.0 Å². The van der Waals surface area contributed by atoms with Gasteiger partial charge >= 0.3 is 0 Å². The molecule has 0 radical (unpaired) electrons. The van der Waals surface area contributed by atoms with Crippen molar-refractivity contribution in [1.29, 1.82) is 0 Å². The third-order valence-corrected chi connectivity index (χ3v) is 5.53. The average molecular weight is 474 g/mol. The van der Waals surface area contributed by atoms with Gasteiger partial charge in [-0.25, -0.2) is 0 Å². The number of halogens is 1. The van der Waals surface area contributed by atoms with Gasteiger partial charge in [-0.15, -0.1) is 0 Å². The molecule has 160 valence electrons. The third kappa shape index (κ3) is 6.85. The lowest BCUT2D eigenvalue weighted by Crippen LogP contribution is -2.34. The molecule has 1 aliphatic heterocycles. The first-order valence-electron chi connectivity index (χ1n) is 10.3. The summed E-state index contributed by atoms with van der Waals surface area (Å²) in [6.45, 7) is 5.87. The number of hydrogen-bond donors (Lipinski definition) is 2. The maximum absolute atomic E-state index is 12.7. The van der Waals surface area contributed by atoms with Crippen LogP contribution in [0.5, 0.6) is 5.75 Å². The normalized spacial score (nSPS) is 14.9. The topological polar surface area (TPSA) is 70.7 Å². The van der Waals surface area contributed by atoms with E-state index in [1.165, 1.54) is 12.8 Å². The number of carbonyl (C=O) groups is 2. The highest BCUT2D eigenvalue weighted by Gasteiger charge is 2.17. The molecular weight excluding hydrogens is 446 g/mol. The molecule has 1 fully saturated rings. The van der Waals surface area contributed by atoms with Crippen molar-refractivity contribution in [1.82, 2.24) is 10.2 Å². The Morgan fingerprint density at radius 1 is 1.10 bits per heavy atom. The Hall–Kier alpha value is -2.38. The zero-order valence-electron chi connectivity index (χ0n) is 17.2. The van der Waals surface area contributed by atoms with Crippen molar-refractivity contribution in [3.05, 3.63) is 58.6 Å². The quantitative estimate of drug-likeness (QED) is 0.578. The van der Waals surface area contributed by atoms with Crippen molar-refractivity contribution < 1.29 is 14.3 Å². The average Bonchev–Trinajstić information content (AvgIpc) is 3.25. The minimum absolute atomic E-state index is 0.175. The van der Waals surface area contributed by atoms with Crippen molar-refractivity contribution in [3.63, 3.8) is 0 Å². The van der Waals surface area contributed by atoms with Crippen LogP contribution >= 0.6 is 15.9 Å². The fourth-order valence-electron chi connectivity index (χ4n) is 3.49. The van der Waals surface area contributed by atoms with Crippen molar-refractivity contribution in [2.24, 2.45) is 5.92 Å². The number of hydrogen-bond acceptors (Lipinski definition) is 4. The molecule has 1 saturated heterocycles. The molecule has 7 heteroatoms. The van der Waals surface area contributed by atoms with Gasteiger partial charge in [-0.2, -0.15) is 0 Å². The van der Waals surface area contributed by atoms with Crippen LogP contribution in [0.15, 0.2) is 53.0 Å². The maximum atomic E-state index is 12.7. The molecule has 1 aliphatic rings. The number of benzene rings is 2. The lowest BCUT2D eigenvalue weighted by molar-refractivity contribution is -0.118. The molecule has 3 rings (SSSR count). The summed E-state index contributed by atoms with van der Waals surface area (Å²) >= 11 is 3.36. The van der Waals surface area contributed by atoms with Gasteiger partial charge in [0.05, 0.1) is 5.56 Å². The van der Waals surface area contributed by atoms with Crippen LogP contribution in [0.3, 0.4) is 0 Å². The lowest BCUT2D eigenvalue weighted by atomic mass is 10.1. The fourth-order valence-corrected chi connectivity index (χ4v) is 3.75. The lowest BCUT2D eigenvalue weighted by Gasteiger charge is -2.20. The summed E-state index contributed by atoms with van der Waals surface area (Å²) in [6.07, 6.45) is 2.53. The van der Waals surface area contributed by atoms with Crippen LogP contribution in [0, 0.1) is 5.92 Å². The van der Waals surface area contributed by atoms with E-state index in [0.29, 0.717) is 29.5 Å². The summed E-state index contributed by atoms with van der Waals surface area (Å²) in [5, 5.41) is 5.77. The summed E-state index contributed by atoms with van der Waals surface area (Å²) in [5.74, 6) is 0.295. The molecule has 1 atom stereocenters. The number of rotatable bonds is 9. The largest absolute Gasteiger partial charge is 0.483 e. The molecule has 0 saturated carbocycles. The highest BCUT2D eigenvalue weighted by atomic mass is 79.9. The van der Waals surface area contributed by atoms with Gasteiger partial charge in [-0.3, -0.25) is 9.59 Å². The molecule has 0 bridgehead atoms. The zero-order valence-corrected chi connectivity index (χ0v) is 18.8. The van der Waals surface area contributed by atoms with Gasteiger partial charge in [-0.05, 0) is 68.2 Å². The van der Waals surface area contributed by atoms with Crippen LogP contribution in [-0.2, 0) is 4.79 Å². The second kappa shape index (κ2) is 11.1. The summed E-state index contributed by atoms with van der Waals surface area (Å²) in [6, 6.07) is 14.3. The van der Waals surface area contributed by atoms with Gasteiger partial charge in [0.1, 0.15) is 5.75 Å². The van der Waals surface area contributed by atoms with Gasteiger partial charge in [0.2, 0.25) is 0 Å². The standard InChI is InChI=1S/C23H28BrN3O3/c1-17(15-27-12-4-5-13-27)14-25-23(29)20-6-2-3-7-21(20)30-16-22(28)26-19-10-8-18(24)9-11-19/h2-3,6-11,17H,4-5,12-16H2,1H3,(H,25,29)(H,26,28). The van der Waals surface area contributed by atoms with E-state index in [2.05, 4.69) is 38.4 Å². The van der Waals surface area contributed by atoms with E-state index in [-0.39, 0.29) is 18.4 Å². The smallest absolute Gasteiger partial charge is 0.262 e. The molecular formula is C23H28BrN3O3. The monoisotopic (exact) mass is 473 g/mol. The number of carbonyl (C=O) groups excluding carboxylic acids is 2. The SMILES string of the molecule is CC(CNC(=O)c1ccccc1OCC(=O)Nc1ccc(Br)cc1)CN1CCCC1. The molecule has 2 N–H and O–H groups in total. The number of nitrogens with one attached hydrogen (secondary N) is 2. The minimum Gasteiger partial charge on any atom is -0.483 e. The number of para-hydroxylation sites is 1. The predicted molar refractivity (Wildman–Crippen MR) is 122 cm³/mol. The number of ether oxygens (including phenoxy) is 1. The number of nitrogens with zero attached hydrogens (tertiary/aromatic N) is 1. The first kappa shape index (κ1) is 22.3. The van der Waals surface area contributed by atoms with Crippen molar-refractivity contribution >= 4 is 33.4 Å². The van der Waals surface area contributed by atoms with Crippen LogP contribution in [0.25, 0.3) is 0 Å². The third-order valence-electron chi connectivity index (χ3n) is 5.00. The summed E-state index contributed by atoms with van der Waals surface area (Å²) in [4.78, 5) is 27.3. The number of anilines is 1. The zero-order chi connectivity index (χ0) is 21.3. The molecule has 0 aromatic heterocycles. The highest BCUT2D eigenvalue weighted by Crippen LogP contribution is 2.19. The Balaban J connectivity index is 1.49. The molecule has 0 spiro atoms. The Labute approximate surface area is 186 Å². The Bertz CT molecular complexity index is 851. The van der Waals surface area contributed by atoms with E-state index in [1.807, 2.05) is 12.1 Å². The van der Waals surface area contributed by atoms with Crippen LogP contribution in [0.2, 0.25) is 0 Å². The van der Waals surface area contributed by atoms with E-state index < -0.39 is 0 Å². The predicted octanol–water partition coefficient (Wildman–Crippen LogP) is 3.93. The van der Waals surface area contributed by atoms with Crippen LogP contribution in [-0.4, -0.2) is 49.5 Å². The van der Waals surface area contributed by atoms with E-state index >= 15 is 0 Å². The summed E-state index contributed by atoms with van der Waals surface area (Å²) < 4.78 is 6.58. The second-order valence-corrected chi connectivity index (χ2v) is 8.58. The van der Waals surface area contributed by atoms with Crippen molar-refractivity contribution in [3.8, 4) is 5.75 Å². The van der Waals surface area contributed by atoms with Crippen LogP contribution in [0.4, 0.5) is 5.69 Å². The maximum Gasteiger partial charge on any atom is 0.262 e. The summed E-state index contributed by atoms with van der Waals surface area (Å²) in [7, 11) is 0. The highest BCUT2D eigenvalue weighted by molar-refractivity contribution is 9.10. The Kier molecular flexibility index (Phi) is 8.28. The Morgan fingerprint density at radius 2 is 1.80 bits per heavy atom. The van der Waals surface area contributed by atoms with Gasteiger partial charge in [0.15, 0.2) is 6.61 Å². The van der Waals surface area contributed by atoms with Crippen molar-refractivity contribution in [2.45, 2.75) is 19.8 Å². The van der Waals surface area contributed by atoms with Crippen LogP contribution < -0.4 is 15.4 Å². The first-order chi connectivity index (χ1) is 14.5. The Morgan fingerprint density at radius 3 is 2.53 bits per heavy atom. The van der Waals surface area contributed by atoms with Crippen LogP contribution in [0.1, 0.15) is 30.1 Å². The molecule has 2 amide bonds.